The molecule has 0 aliphatic carbocycles. The van der Waals surface area contributed by atoms with Crippen molar-refractivity contribution in [2.75, 3.05) is 6.54 Å². The average Bonchev–Trinajstić information content (AvgIpc) is 1.92. The zero-order chi connectivity index (χ0) is 9.35. The highest BCUT2D eigenvalue weighted by Gasteiger charge is 2.46. The normalized spacial score (nSPS) is 31.5. The molecule has 0 radical (unpaired) electrons. The van der Waals surface area contributed by atoms with E-state index in [9.17, 15) is 18.0 Å². The molecule has 12 heavy (non-hydrogen) atoms. The van der Waals surface area contributed by atoms with Gasteiger partial charge in [0.05, 0.1) is 5.92 Å². The van der Waals surface area contributed by atoms with Crippen LogP contribution in [0.2, 0.25) is 0 Å². The molecule has 1 aliphatic rings. The molecule has 1 aliphatic heterocycles. The lowest BCUT2D eigenvalue weighted by atomic mass is 9.87. The molecule has 1 heterocycles. The van der Waals surface area contributed by atoms with E-state index in [1.807, 2.05) is 0 Å². The summed E-state index contributed by atoms with van der Waals surface area (Å²) >= 11 is 0. The van der Waals surface area contributed by atoms with Gasteiger partial charge in [0, 0.05) is 12.5 Å². The van der Waals surface area contributed by atoms with E-state index >= 15 is 0 Å². The van der Waals surface area contributed by atoms with Gasteiger partial charge in [-0.15, -0.1) is 0 Å². The smallest absolute Gasteiger partial charge is 0.356 e. The molecule has 0 spiro atoms. The summed E-state index contributed by atoms with van der Waals surface area (Å²) in [5.41, 5.74) is 0. The molecular formula is C7H10F3NO. The minimum absolute atomic E-state index is 0.00356. The van der Waals surface area contributed by atoms with Crippen molar-refractivity contribution in [3.05, 3.63) is 0 Å². The second-order valence-electron chi connectivity index (χ2n) is 3.02. The standard InChI is InChI=1S/C7H10F3NO/c1-4-5(7(8,9)10)2-3-11-6(4)12/h4-5H,2-3H2,1H3,(H,11,12)/t4?,5-/m1/s1. The summed E-state index contributed by atoms with van der Waals surface area (Å²) in [7, 11) is 0. The molecule has 70 valence electrons. The number of nitrogens with one attached hydrogen (secondary N) is 1. The van der Waals surface area contributed by atoms with Gasteiger partial charge in [-0.05, 0) is 6.42 Å². The van der Waals surface area contributed by atoms with Crippen molar-refractivity contribution in [2.45, 2.75) is 19.5 Å². The summed E-state index contributed by atoms with van der Waals surface area (Å²) in [4.78, 5) is 10.8. The molecule has 1 unspecified atom stereocenters. The Kier molecular flexibility index (Phi) is 2.30. The molecule has 1 saturated heterocycles. The van der Waals surface area contributed by atoms with Crippen LogP contribution in [0.25, 0.3) is 0 Å². The van der Waals surface area contributed by atoms with Crippen LogP contribution in [0.15, 0.2) is 0 Å². The maximum absolute atomic E-state index is 12.2. The molecule has 0 aromatic carbocycles. The minimum Gasteiger partial charge on any atom is -0.356 e. The van der Waals surface area contributed by atoms with Crippen LogP contribution in [-0.4, -0.2) is 18.6 Å². The highest BCUT2D eigenvalue weighted by Crippen LogP contribution is 2.35. The maximum atomic E-state index is 12.2. The molecule has 2 atom stereocenters. The molecule has 1 fully saturated rings. The Hall–Kier alpha value is -0.740. The summed E-state index contributed by atoms with van der Waals surface area (Å²) in [5.74, 6) is -2.91. The van der Waals surface area contributed by atoms with Crippen molar-refractivity contribution in [3.8, 4) is 0 Å². The molecule has 0 bridgehead atoms. The number of carbonyl (C=O) groups excluding carboxylic acids is 1. The Bertz CT molecular complexity index is 190. The van der Waals surface area contributed by atoms with E-state index < -0.39 is 23.9 Å². The van der Waals surface area contributed by atoms with E-state index in [4.69, 9.17) is 0 Å². The topological polar surface area (TPSA) is 29.1 Å². The van der Waals surface area contributed by atoms with Gasteiger partial charge in [-0.3, -0.25) is 4.79 Å². The molecule has 2 nitrogen and oxygen atoms in total. The van der Waals surface area contributed by atoms with E-state index in [0.29, 0.717) is 0 Å². The average molecular weight is 181 g/mol. The zero-order valence-corrected chi connectivity index (χ0v) is 6.61. The van der Waals surface area contributed by atoms with Crippen LogP contribution in [0.3, 0.4) is 0 Å². The number of piperidine rings is 1. The second-order valence-corrected chi connectivity index (χ2v) is 3.02. The van der Waals surface area contributed by atoms with E-state index in [1.54, 1.807) is 0 Å². The van der Waals surface area contributed by atoms with Crippen LogP contribution in [0.5, 0.6) is 0 Å². The van der Waals surface area contributed by atoms with E-state index in [0.717, 1.165) is 0 Å². The van der Waals surface area contributed by atoms with Crippen molar-refractivity contribution >= 4 is 5.91 Å². The lowest BCUT2D eigenvalue weighted by Crippen LogP contribution is -2.46. The Morgan fingerprint density at radius 3 is 2.50 bits per heavy atom. The molecule has 1 amide bonds. The number of hydrogen-bond donors (Lipinski definition) is 1. The van der Waals surface area contributed by atoms with Gasteiger partial charge < -0.3 is 5.32 Å². The van der Waals surface area contributed by atoms with Gasteiger partial charge in [-0.25, -0.2) is 0 Å². The Morgan fingerprint density at radius 2 is 2.08 bits per heavy atom. The maximum Gasteiger partial charge on any atom is 0.392 e. The lowest BCUT2D eigenvalue weighted by molar-refractivity contribution is -0.195. The van der Waals surface area contributed by atoms with Gasteiger partial charge in [0.2, 0.25) is 5.91 Å². The largest absolute Gasteiger partial charge is 0.392 e. The first-order chi connectivity index (χ1) is 5.43. The molecule has 1 N–H and O–H groups in total. The molecule has 0 aromatic rings. The van der Waals surface area contributed by atoms with Crippen LogP contribution in [0.1, 0.15) is 13.3 Å². The summed E-state index contributed by atoms with van der Waals surface area (Å²) < 4.78 is 36.6. The predicted molar refractivity (Wildman–Crippen MR) is 36.3 cm³/mol. The van der Waals surface area contributed by atoms with E-state index in [2.05, 4.69) is 5.32 Å². The van der Waals surface area contributed by atoms with Gasteiger partial charge in [0.25, 0.3) is 0 Å². The summed E-state index contributed by atoms with van der Waals surface area (Å²) in [6.07, 6.45) is -4.24. The van der Waals surface area contributed by atoms with E-state index in [-0.39, 0.29) is 13.0 Å². The number of hydrogen-bond acceptors (Lipinski definition) is 1. The quantitative estimate of drug-likeness (QED) is 0.600. The predicted octanol–water partition coefficient (Wildman–Crippen LogP) is 1.32. The van der Waals surface area contributed by atoms with Crippen LogP contribution in [-0.2, 0) is 4.79 Å². The highest BCUT2D eigenvalue weighted by molar-refractivity contribution is 5.79. The SMILES string of the molecule is CC1C(=O)NCC[C@H]1C(F)(F)F. The van der Waals surface area contributed by atoms with Gasteiger partial charge in [-0.2, -0.15) is 13.2 Å². The summed E-state index contributed by atoms with van der Waals surface area (Å²) in [6.45, 7) is 1.44. The van der Waals surface area contributed by atoms with Crippen molar-refractivity contribution in [2.24, 2.45) is 11.8 Å². The third-order valence-corrected chi connectivity index (χ3v) is 2.19. The van der Waals surface area contributed by atoms with Crippen molar-refractivity contribution < 1.29 is 18.0 Å². The van der Waals surface area contributed by atoms with Crippen LogP contribution >= 0.6 is 0 Å². The molecule has 0 saturated carbocycles. The van der Waals surface area contributed by atoms with Crippen molar-refractivity contribution in [1.82, 2.24) is 5.32 Å². The third-order valence-electron chi connectivity index (χ3n) is 2.19. The third kappa shape index (κ3) is 1.70. The van der Waals surface area contributed by atoms with Gasteiger partial charge >= 0.3 is 6.18 Å². The fraction of sp³-hybridized carbons (Fsp3) is 0.857. The fourth-order valence-corrected chi connectivity index (χ4v) is 1.39. The van der Waals surface area contributed by atoms with Crippen molar-refractivity contribution in [3.63, 3.8) is 0 Å². The second kappa shape index (κ2) is 2.95. The molecule has 5 heteroatoms. The molecule has 0 aromatic heterocycles. The Labute approximate surface area is 68.1 Å². The molecule has 1 rings (SSSR count). The Morgan fingerprint density at radius 1 is 1.50 bits per heavy atom. The summed E-state index contributed by atoms with van der Waals surface area (Å²) in [5, 5.41) is 2.39. The van der Waals surface area contributed by atoms with Gasteiger partial charge in [0.1, 0.15) is 0 Å². The van der Waals surface area contributed by atoms with Crippen LogP contribution in [0.4, 0.5) is 13.2 Å². The number of alkyl halides is 3. The van der Waals surface area contributed by atoms with Gasteiger partial charge in [0.15, 0.2) is 0 Å². The lowest BCUT2D eigenvalue weighted by Gasteiger charge is -2.29. The van der Waals surface area contributed by atoms with Gasteiger partial charge in [-0.1, -0.05) is 6.92 Å². The first-order valence-corrected chi connectivity index (χ1v) is 3.77. The number of amides is 1. The zero-order valence-electron chi connectivity index (χ0n) is 6.61. The Balaban J connectivity index is 2.70. The van der Waals surface area contributed by atoms with Crippen LogP contribution < -0.4 is 5.32 Å². The first-order valence-electron chi connectivity index (χ1n) is 3.77. The molecular weight excluding hydrogens is 171 g/mol. The van der Waals surface area contributed by atoms with Crippen molar-refractivity contribution in [1.29, 1.82) is 0 Å². The summed E-state index contributed by atoms with van der Waals surface area (Å²) in [6, 6.07) is 0. The van der Waals surface area contributed by atoms with E-state index in [1.165, 1.54) is 6.92 Å². The number of rotatable bonds is 0. The van der Waals surface area contributed by atoms with Crippen LogP contribution in [0, 0.1) is 11.8 Å². The highest BCUT2D eigenvalue weighted by atomic mass is 19.4. The fourth-order valence-electron chi connectivity index (χ4n) is 1.39. The number of halogens is 3. The minimum atomic E-state index is -4.24. The monoisotopic (exact) mass is 181 g/mol. The first kappa shape index (κ1) is 9.35. The number of carbonyl (C=O) groups is 1.